The summed E-state index contributed by atoms with van der Waals surface area (Å²) in [5, 5.41) is 3.39. The van der Waals surface area contributed by atoms with Crippen molar-refractivity contribution < 1.29 is 27.0 Å². The van der Waals surface area contributed by atoms with Crippen LogP contribution in [0.2, 0.25) is 5.02 Å². The Bertz CT molecular complexity index is 878. The maximum Gasteiger partial charge on any atom is 0.418 e. The van der Waals surface area contributed by atoms with Gasteiger partial charge in [0, 0.05) is 11.6 Å². The van der Waals surface area contributed by atoms with Crippen molar-refractivity contribution in [2.45, 2.75) is 19.2 Å². The quantitative estimate of drug-likeness (QED) is 0.606. The van der Waals surface area contributed by atoms with Gasteiger partial charge in [-0.15, -0.1) is 0 Å². The second-order valence-corrected chi connectivity index (χ2v) is 5.81. The summed E-state index contributed by atoms with van der Waals surface area (Å²) in [6.45, 7) is 1.71. The fourth-order valence-corrected chi connectivity index (χ4v) is 2.34. The highest BCUT2D eigenvalue weighted by Crippen LogP contribution is 2.32. The highest BCUT2D eigenvalue weighted by molar-refractivity contribution is 6.32. The van der Waals surface area contributed by atoms with Gasteiger partial charge >= 0.3 is 6.18 Å². The molecule has 134 valence electrons. The summed E-state index contributed by atoms with van der Waals surface area (Å²) in [5.74, 6) is -0.853. The first-order chi connectivity index (χ1) is 11.7. The second-order valence-electron chi connectivity index (χ2n) is 5.40. The molecule has 1 saturated heterocycles. The van der Waals surface area contributed by atoms with Crippen LogP contribution >= 0.6 is 11.6 Å². The lowest BCUT2D eigenvalue weighted by Gasteiger charge is -2.14. The molecule has 2 aromatic rings. The molecule has 0 saturated carbocycles. The van der Waals surface area contributed by atoms with Crippen molar-refractivity contribution in [1.29, 1.82) is 0 Å². The molecular formula is C15H11ClF4N2O3. The zero-order valence-electron chi connectivity index (χ0n) is 12.7. The van der Waals surface area contributed by atoms with E-state index in [4.69, 9.17) is 21.1 Å². The summed E-state index contributed by atoms with van der Waals surface area (Å²) < 4.78 is 63.6. The van der Waals surface area contributed by atoms with Gasteiger partial charge in [-0.05, 0) is 13.0 Å². The van der Waals surface area contributed by atoms with Crippen LogP contribution in [0.15, 0.2) is 23.1 Å². The maximum atomic E-state index is 14.2. The molecule has 0 bridgehead atoms. The lowest BCUT2D eigenvalue weighted by atomic mass is 10.2. The predicted octanol–water partition coefficient (Wildman–Crippen LogP) is 3.13. The third-order valence-electron chi connectivity index (χ3n) is 3.58. The molecule has 1 aromatic heterocycles. The van der Waals surface area contributed by atoms with Gasteiger partial charge in [0.05, 0.1) is 23.4 Å². The maximum absolute atomic E-state index is 14.2. The van der Waals surface area contributed by atoms with Gasteiger partial charge in [-0.2, -0.15) is 23.0 Å². The summed E-state index contributed by atoms with van der Waals surface area (Å²) in [5.41, 5.74) is -3.22. The van der Waals surface area contributed by atoms with E-state index in [-0.39, 0.29) is 29.2 Å². The molecule has 1 aliphatic rings. The van der Waals surface area contributed by atoms with Crippen LogP contribution in [0, 0.1) is 12.7 Å². The number of halogens is 5. The van der Waals surface area contributed by atoms with Crippen molar-refractivity contribution in [1.82, 2.24) is 9.78 Å². The molecule has 1 fully saturated rings. The Morgan fingerprint density at radius 1 is 1.44 bits per heavy atom. The molecule has 0 radical (unpaired) electrons. The molecule has 1 aliphatic heterocycles. The van der Waals surface area contributed by atoms with Crippen LogP contribution in [0.4, 0.5) is 17.6 Å². The Morgan fingerprint density at radius 3 is 2.72 bits per heavy atom. The molecule has 1 unspecified atom stereocenters. The third-order valence-corrected chi connectivity index (χ3v) is 3.88. The van der Waals surface area contributed by atoms with E-state index in [9.17, 15) is 22.4 Å². The minimum Gasteiger partial charge on any atom is -0.489 e. The summed E-state index contributed by atoms with van der Waals surface area (Å²) >= 11 is 5.89. The summed E-state index contributed by atoms with van der Waals surface area (Å²) in [7, 11) is 0. The van der Waals surface area contributed by atoms with E-state index in [0.29, 0.717) is 17.5 Å². The zero-order chi connectivity index (χ0) is 18.4. The topological polar surface area (TPSA) is 56.6 Å². The van der Waals surface area contributed by atoms with Gasteiger partial charge in [-0.3, -0.25) is 4.79 Å². The van der Waals surface area contributed by atoms with Gasteiger partial charge in [-0.1, -0.05) is 11.6 Å². The standard InChI is InChI=1S/C15H11ClF4N2O3/c1-7-9(15(18,19)20)4-21-22(14(7)23)12-3-13(10(16)2-11(12)17)25-6-8-5-24-8/h2-4,8H,5-6H2,1H3. The van der Waals surface area contributed by atoms with E-state index in [1.807, 2.05) is 0 Å². The van der Waals surface area contributed by atoms with Crippen molar-refractivity contribution in [2.24, 2.45) is 0 Å². The average Bonchev–Trinajstić information content (AvgIpc) is 3.32. The highest BCUT2D eigenvalue weighted by Gasteiger charge is 2.34. The van der Waals surface area contributed by atoms with Crippen LogP contribution in [0.25, 0.3) is 5.69 Å². The lowest BCUT2D eigenvalue weighted by molar-refractivity contribution is -0.138. The van der Waals surface area contributed by atoms with Crippen LogP contribution in [-0.4, -0.2) is 29.1 Å². The molecular weight excluding hydrogens is 368 g/mol. The first-order valence-corrected chi connectivity index (χ1v) is 7.46. The van der Waals surface area contributed by atoms with E-state index in [2.05, 4.69) is 5.10 Å². The first-order valence-electron chi connectivity index (χ1n) is 7.08. The minimum atomic E-state index is -4.73. The van der Waals surface area contributed by atoms with Gasteiger partial charge in [0.15, 0.2) is 5.82 Å². The van der Waals surface area contributed by atoms with Crippen LogP contribution in [0.1, 0.15) is 11.1 Å². The Kier molecular flexibility index (Phi) is 4.46. The third kappa shape index (κ3) is 3.62. The van der Waals surface area contributed by atoms with Gasteiger partial charge in [0.1, 0.15) is 24.1 Å². The van der Waals surface area contributed by atoms with Crippen molar-refractivity contribution in [2.75, 3.05) is 13.2 Å². The minimum absolute atomic E-state index is 0.0430. The molecule has 5 nitrogen and oxygen atoms in total. The van der Waals surface area contributed by atoms with E-state index in [1.54, 1.807) is 0 Å². The lowest BCUT2D eigenvalue weighted by Crippen LogP contribution is -2.28. The Hall–Kier alpha value is -2.13. The van der Waals surface area contributed by atoms with Crippen LogP contribution in [0.5, 0.6) is 5.75 Å². The Morgan fingerprint density at radius 2 is 2.12 bits per heavy atom. The number of rotatable bonds is 4. The molecule has 10 heteroatoms. The fraction of sp³-hybridized carbons (Fsp3) is 0.333. The molecule has 1 aromatic carbocycles. The molecule has 0 aliphatic carbocycles. The largest absolute Gasteiger partial charge is 0.489 e. The molecule has 3 rings (SSSR count). The van der Waals surface area contributed by atoms with Gasteiger partial charge < -0.3 is 9.47 Å². The molecule has 0 N–H and O–H groups in total. The predicted molar refractivity (Wildman–Crippen MR) is 79.8 cm³/mol. The van der Waals surface area contributed by atoms with Crippen molar-refractivity contribution >= 4 is 11.6 Å². The Balaban J connectivity index is 2.05. The summed E-state index contributed by atoms with van der Waals surface area (Å²) in [4.78, 5) is 12.2. The molecule has 2 heterocycles. The number of alkyl halides is 3. The van der Waals surface area contributed by atoms with E-state index in [1.165, 1.54) is 0 Å². The number of nitrogens with zero attached hydrogens (tertiary/aromatic N) is 2. The van der Waals surface area contributed by atoms with Crippen molar-refractivity contribution in [3.8, 4) is 11.4 Å². The van der Waals surface area contributed by atoms with Crippen LogP contribution in [-0.2, 0) is 10.9 Å². The highest BCUT2D eigenvalue weighted by atomic mass is 35.5. The fourth-order valence-electron chi connectivity index (χ4n) is 2.13. The van der Waals surface area contributed by atoms with E-state index in [0.717, 1.165) is 19.1 Å². The zero-order valence-corrected chi connectivity index (χ0v) is 13.5. The molecule has 0 amide bonds. The number of hydrogen-bond acceptors (Lipinski definition) is 4. The van der Waals surface area contributed by atoms with Gasteiger partial charge in [0.2, 0.25) is 0 Å². The van der Waals surface area contributed by atoms with Gasteiger partial charge in [-0.25, -0.2) is 4.39 Å². The van der Waals surface area contributed by atoms with E-state index >= 15 is 0 Å². The monoisotopic (exact) mass is 378 g/mol. The molecule has 25 heavy (non-hydrogen) atoms. The number of ether oxygens (including phenoxy) is 2. The summed E-state index contributed by atoms with van der Waals surface area (Å²) in [6.07, 6.45) is -4.34. The number of aromatic nitrogens is 2. The van der Waals surface area contributed by atoms with E-state index < -0.39 is 28.7 Å². The smallest absolute Gasteiger partial charge is 0.418 e. The second kappa shape index (κ2) is 6.30. The van der Waals surface area contributed by atoms with Crippen molar-refractivity contribution in [3.63, 3.8) is 0 Å². The SMILES string of the molecule is Cc1c(C(F)(F)F)cnn(-c2cc(OCC3CO3)c(Cl)cc2F)c1=O. The molecule has 1 atom stereocenters. The van der Waals surface area contributed by atoms with Crippen LogP contribution < -0.4 is 10.3 Å². The van der Waals surface area contributed by atoms with Crippen molar-refractivity contribution in [3.05, 3.63) is 50.7 Å². The summed E-state index contributed by atoms with van der Waals surface area (Å²) in [6, 6.07) is 2.02. The van der Waals surface area contributed by atoms with Crippen LogP contribution in [0.3, 0.4) is 0 Å². The first kappa shape index (κ1) is 17.7. The number of hydrogen-bond donors (Lipinski definition) is 0. The number of benzene rings is 1. The Labute approximate surface area is 143 Å². The van der Waals surface area contributed by atoms with Gasteiger partial charge in [0.25, 0.3) is 5.56 Å². The average molecular weight is 379 g/mol. The normalized spacial score (nSPS) is 16.8. The number of epoxide rings is 1. The molecule has 0 spiro atoms.